The molecule has 0 bridgehead atoms. The second-order valence-electron chi connectivity index (χ2n) is 5.42. The number of benzene rings is 2. The highest BCUT2D eigenvalue weighted by Gasteiger charge is 2.13. The molecule has 3 aromatic rings. The molecule has 0 atom stereocenters. The van der Waals surface area contributed by atoms with Crippen LogP contribution in [0.25, 0.3) is 10.9 Å². The number of carbonyl (C=O) groups is 2. The van der Waals surface area contributed by atoms with Gasteiger partial charge in [0.1, 0.15) is 0 Å². The second-order valence-corrected chi connectivity index (χ2v) is 5.42. The van der Waals surface area contributed by atoms with Gasteiger partial charge in [0.05, 0.1) is 11.2 Å². The van der Waals surface area contributed by atoms with Gasteiger partial charge in [0.15, 0.2) is 5.78 Å². The fourth-order valence-corrected chi connectivity index (χ4v) is 2.48. The highest BCUT2D eigenvalue weighted by atomic mass is 16.1. The first kappa shape index (κ1) is 14.9. The van der Waals surface area contributed by atoms with Crippen LogP contribution in [0.1, 0.15) is 33.2 Å². The summed E-state index contributed by atoms with van der Waals surface area (Å²) in [5, 5.41) is 3.85. The average Bonchev–Trinajstić information content (AvgIpc) is 2.55. The molecule has 1 N–H and O–H groups in total. The lowest BCUT2D eigenvalue weighted by molar-refractivity contribution is 0.101. The molecule has 1 heterocycles. The molecule has 3 rings (SSSR count). The number of Topliss-reactive ketones (excluding diaryl/α,β-unsaturated/α-hetero) is 1. The predicted molar refractivity (Wildman–Crippen MR) is 90.9 cm³/mol. The number of pyridine rings is 1. The van der Waals surface area contributed by atoms with Crippen molar-refractivity contribution in [1.29, 1.82) is 0 Å². The van der Waals surface area contributed by atoms with Crippen LogP contribution in [0.2, 0.25) is 0 Å². The van der Waals surface area contributed by atoms with Crippen LogP contribution in [0.4, 0.5) is 5.69 Å². The number of anilines is 1. The molecular weight excluding hydrogens is 288 g/mol. The Bertz CT molecular complexity index is 911. The van der Waals surface area contributed by atoms with Gasteiger partial charge in [0.2, 0.25) is 0 Å². The van der Waals surface area contributed by atoms with Gasteiger partial charge in [0.25, 0.3) is 5.91 Å². The zero-order valence-corrected chi connectivity index (χ0v) is 13.0. The first-order chi connectivity index (χ1) is 11.1. The van der Waals surface area contributed by atoms with Gasteiger partial charge in [-0.15, -0.1) is 0 Å². The molecular formula is C19H16N2O2. The number of aryl methyl sites for hydroxylation is 1. The molecule has 0 aliphatic carbocycles. The Hall–Kier alpha value is -3.01. The van der Waals surface area contributed by atoms with Crippen molar-refractivity contribution in [2.24, 2.45) is 0 Å². The van der Waals surface area contributed by atoms with E-state index in [1.807, 2.05) is 37.3 Å². The number of rotatable bonds is 3. The third-order valence-electron chi connectivity index (χ3n) is 3.77. The zero-order chi connectivity index (χ0) is 16.4. The van der Waals surface area contributed by atoms with Crippen molar-refractivity contribution in [3.8, 4) is 0 Å². The van der Waals surface area contributed by atoms with Crippen molar-refractivity contribution < 1.29 is 9.59 Å². The molecule has 0 unspecified atom stereocenters. The number of carbonyl (C=O) groups excluding carboxylic acids is 2. The number of nitrogens with zero attached hydrogens (tertiary/aromatic N) is 1. The van der Waals surface area contributed by atoms with Gasteiger partial charge in [-0.25, -0.2) is 0 Å². The first-order valence-electron chi connectivity index (χ1n) is 7.33. The number of fused-ring (bicyclic) bond motifs is 1. The van der Waals surface area contributed by atoms with Crippen LogP contribution >= 0.6 is 0 Å². The molecule has 23 heavy (non-hydrogen) atoms. The smallest absolute Gasteiger partial charge is 0.256 e. The Balaban J connectivity index is 1.98. The third kappa shape index (κ3) is 2.97. The van der Waals surface area contributed by atoms with E-state index in [2.05, 4.69) is 10.3 Å². The summed E-state index contributed by atoms with van der Waals surface area (Å²) in [7, 11) is 0. The molecule has 4 heteroatoms. The predicted octanol–water partition coefficient (Wildman–Crippen LogP) is 4.00. The summed E-state index contributed by atoms with van der Waals surface area (Å²) in [5.74, 6) is -0.311. The summed E-state index contributed by atoms with van der Waals surface area (Å²) in [5.41, 5.74) is 3.23. The minimum atomic E-state index is -0.247. The molecule has 114 valence electrons. The number of ketones is 1. The molecule has 0 fully saturated rings. The van der Waals surface area contributed by atoms with Crippen molar-refractivity contribution in [2.45, 2.75) is 13.8 Å². The molecule has 0 aliphatic rings. The minimum Gasteiger partial charge on any atom is -0.320 e. The summed E-state index contributed by atoms with van der Waals surface area (Å²) < 4.78 is 0. The average molecular weight is 304 g/mol. The van der Waals surface area contributed by atoms with Crippen LogP contribution < -0.4 is 5.32 Å². The number of aromatic nitrogens is 1. The minimum absolute atomic E-state index is 0.0640. The van der Waals surface area contributed by atoms with Crippen LogP contribution in [-0.4, -0.2) is 16.7 Å². The van der Waals surface area contributed by atoms with Gasteiger partial charge in [-0.2, -0.15) is 0 Å². The highest BCUT2D eigenvalue weighted by Crippen LogP contribution is 2.22. The largest absolute Gasteiger partial charge is 0.320 e. The first-order valence-corrected chi connectivity index (χ1v) is 7.33. The van der Waals surface area contributed by atoms with Crippen LogP contribution in [0.5, 0.6) is 0 Å². The quantitative estimate of drug-likeness (QED) is 0.744. The molecule has 4 nitrogen and oxygen atoms in total. The SMILES string of the molecule is CC(=O)c1ccc(C)c(C(=O)Nc2cccc3cccnc23)c1. The van der Waals surface area contributed by atoms with Gasteiger partial charge < -0.3 is 5.32 Å². The summed E-state index contributed by atoms with van der Waals surface area (Å²) in [4.78, 5) is 28.5. The fourth-order valence-electron chi connectivity index (χ4n) is 2.48. The highest BCUT2D eigenvalue weighted by molar-refractivity contribution is 6.10. The normalized spacial score (nSPS) is 10.5. The van der Waals surface area contributed by atoms with E-state index in [0.717, 1.165) is 16.5 Å². The maximum absolute atomic E-state index is 12.6. The summed E-state index contributed by atoms with van der Waals surface area (Å²) in [6, 6.07) is 14.6. The van der Waals surface area contributed by atoms with E-state index in [-0.39, 0.29) is 11.7 Å². The Labute approximate surface area is 134 Å². The van der Waals surface area contributed by atoms with Gasteiger partial charge in [-0.1, -0.05) is 30.3 Å². The molecule has 0 aliphatic heterocycles. The van der Waals surface area contributed by atoms with Gasteiger partial charge in [-0.05, 0) is 37.6 Å². The monoisotopic (exact) mass is 304 g/mol. The number of para-hydroxylation sites is 1. The van der Waals surface area contributed by atoms with Crippen LogP contribution in [0.3, 0.4) is 0 Å². The Morgan fingerprint density at radius 3 is 2.61 bits per heavy atom. The molecule has 0 saturated heterocycles. The summed E-state index contributed by atoms with van der Waals surface area (Å²) in [6.07, 6.45) is 1.69. The summed E-state index contributed by atoms with van der Waals surface area (Å²) in [6.45, 7) is 3.33. The van der Waals surface area contributed by atoms with Crippen molar-refractivity contribution in [1.82, 2.24) is 4.98 Å². The van der Waals surface area contributed by atoms with E-state index in [9.17, 15) is 9.59 Å². The van der Waals surface area contributed by atoms with Crippen molar-refractivity contribution in [3.05, 3.63) is 71.4 Å². The molecule has 1 aromatic heterocycles. The van der Waals surface area contributed by atoms with Crippen LogP contribution in [0.15, 0.2) is 54.7 Å². The third-order valence-corrected chi connectivity index (χ3v) is 3.77. The molecule has 0 spiro atoms. The van der Waals surface area contributed by atoms with Crippen molar-refractivity contribution in [3.63, 3.8) is 0 Å². The van der Waals surface area contributed by atoms with E-state index < -0.39 is 0 Å². The van der Waals surface area contributed by atoms with E-state index in [0.29, 0.717) is 16.8 Å². The Morgan fingerprint density at radius 1 is 1.04 bits per heavy atom. The molecule has 2 aromatic carbocycles. The van der Waals surface area contributed by atoms with Gasteiger partial charge in [-0.3, -0.25) is 14.6 Å². The van der Waals surface area contributed by atoms with Crippen molar-refractivity contribution >= 4 is 28.3 Å². The lowest BCUT2D eigenvalue weighted by atomic mass is 10.0. The lowest BCUT2D eigenvalue weighted by Crippen LogP contribution is -2.14. The maximum Gasteiger partial charge on any atom is 0.256 e. The topological polar surface area (TPSA) is 59.1 Å². The van der Waals surface area contributed by atoms with Crippen molar-refractivity contribution in [2.75, 3.05) is 5.32 Å². The van der Waals surface area contributed by atoms with Gasteiger partial charge in [0, 0.05) is 22.7 Å². The fraction of sp³-hybridized carbons (Fsp3) is 0.105. The van der Waals surface area contributed by atoms with Crippen LogP contribution in [0, 0.1) is 6.92 Å². The van der Waals surface area contributed by atoms with E-state index >= 15 is 0 Å². The second kappa shape index (κ2) is 6.01. The molecule has 0 saturated carbocycles. The van der Waals surface area contributed by atoms with E-state index in [1.165, 1.54) is 6.92 Å². The van der Waals surface area contributed by atoms with E-state index in [4.69, 9.17) is 0 Å². The number of amides is 1. The Morgan fingerprint density at radius 2 is 1.83 bits per heavy atom. The molecule has 0 radical (unpaired) electrons. The number of hydrogen-bond donors (Lipinski definition) is 1. The Kier molecular flexibility index (Phi) is 3.89. The lowest BCUT2D eigenvalue weighted by Gasteiger charge is -2.10. The number of nitrogens with one attached hydrogen (secondary N) is 1. The standard InChI is InChI=1S/C19H16N2O2/c1-12-8-9-15(13(2)22)11-16(12)19(23)21-17-7-3-5-14-6-4-10-20-18(14)17/h3-11H,1-2H3,(H,21,23). The van der Waals surface area contributed by atoms with Crippen LogP contribution in [-0.2, 0) is 0 Å². The number of hydrogen-bond acceptors (Lipinski definition) is 3. The van der Waals surface area contributed by atoms with E-state index in [1.54, 1.807) is 24.4 Å². The zero-order valence-electron chi connectivity index (χ0n) is 13.0. The maximum atomic E-state index is 12.6. The van der Waals surface area contributed by atoms with Gasteiger partial charge >= 0.3 is 0 Å². The molecule has 1 amide bonds. The summed E-state index contributed by atoms with van der Waals surface area (Å²) >= 11 is 0.